The largest absolute Gasteiger partial charge is 0.494 e. The van der Waals surface area contributed by atoms with Crippen LogP contribution in [0.5, 0.6) is 17.2 Å². The maximum Gasteiger partial charge on any atom is 0.291 e. The predicted octanol–water partition coefficient (Wildman–Crippen LogP) is 4.72. The summed E-state index contributed by atoms with van der Waals surface area (Å²) in [5.41, 5.74) is 2.90. The first-order valence-corrected chi connectivity index (χ1v) is 8.68. The molecular weight excluding hydrogens is 346 g/mol. The number of anilines is 1. The molecule has 0 unspecified atom stereocenters. The van der Waals surface area contributed by atoms with Gasteiger partial charge < -0.3 is 23.9 Å². The van der Waals surface area contributed by atoms with Gasteiger partial charge in [-0.2, -0.15) is 0 Å². The molecule has 0 saturated heterocycles. The van der Waals surface area contributed by atoms with Gasteiger partial charge in [-0.1, -0.05) is 0 Å². The molecule has 1 heterocycles. The summed E-state index contributed by atoms with van der Waals surface area (Å²) in [7, 11) is 3.13. The summed E-state index contributed by atoms with van der Waals surface area (Å²) in [5, 5.41) is 3.75. The number of methoxy groups -OCH3 is 2. The maximum absolute atomic E-state index is 12.8. The smallest absolute Gasteiger partial charge is 0.291 e. The first-order chi connectivity index (χ1) is 13.0. The summed E-state index contributed by atoms with van der Waals surface area (Å²) < 4.78 is 21.9. The summed E-state index contributed by atoms with van der Waals surface area (Å²) in [4.78, 5) is 12.8. The highest BCUT2D eigenvalue weighted by Crippen LogP contribution is 2.34. The van der Waals surface area contributed by atoms with Crippen LogP contribution in [0.25, 0.3) is 11.0 Å². The molecule has 0 radical (unpaired) electrons. The van der Waals surface area contributed by atoms with Crippen molar-refractivity contribution in [2.24, 2.45) is 0 Å². The third-order valence-electron chi connectivity index (χ3n) is 4.40. The molecule has 27 heavy (non-hydrogen) atoms. The minimum atomic E-state index is -0.322. The third kappa shape index (κ3) is 3.56. The Morgan fingerprint density at radius 1 is 1.07 bits per heavy atom. The van der Waals surface area contributed by atoms with E-state index in [2.05, 4.69) is 5.32 Å². The molecule has 3 aromatic rings. The van der Waals surface area contributed by atoms with Crippen molar-refractivity contribution in [1.29, 1.82) is 0 Å². The van der Waals surface area contributed by atoms with E-state index in [1.54, 1.807) is 20.3 Å². The summed E-state index contributed by atoms with van der Waals surface area (Å²) in [6, 6.07) is 9.07. The van der Waals surface area contributed by atoms with Gasteiger partial charge in [0.1, 0.15) is 11.3 Å². The minimum absolute atomic E-state index is 0.271. The van der Waals surface area contributed by atoms with E-state index in [0.29, 0.717) is 29.4 Å². The molecule has 6 heteroatoms. The van der Waals surface area contributed by atoms with Gasteiger partial charge in [-0.25, -0.2) is 0 Å². The Kier molecular flexibility index (Phi) is 5.26. The lowest BCUT2D eigenvalue weighted by Crippen LogP contribution is -2.13. The molecule has 1 amide bonds. The fourth-order valence-electron chi connectivity index (χ4n) is 2.97. The quantitative estimate of drug-likeness (QED) is 0.681. The molecule has 0 aliphatic heterocycles. The van der Waals surface area contributed by atoms with Crippen LogP contribution in [0.15, 0.2) is 34.7 Å². The number of hydrogen-bond acceptors (Lipinski definition) is 5. The second-order valence-electron chi connectivity index (χ2n) is 6.12. The van der Waals surface area contributed by atoms with E-state index in [-0.39, 0.29) is 11.7 Å². The number of furan rings is 1. The molecule has 1 N–H and O–H groups in total. The van der Waals surface area contributed by atoms with Crippen molar-refractivity contribution in [3.63, 3.8) is 0 Å². The molecule has 0 bridgehead atoms. The van der Waals surface area contributed by atoms with Crippen molar-refractivity contribution in [1.82, 2.24) is 0 Å². The number of carbonyl (C=O) groups excluding carboxylic acids is 1. The zero-order valence-corrected chi connectivity index (χ0v) is 16.1. The van der Waals surface area contributed by atoms with Crippen molar-refractivity contribution < 1.29 is 23.4 Å². The molecule has 0 saturated carbocycles. The van der Waals surface area contributed by atoms with Gasteiger partial charge in [-0.15, -0.1) is 0 Å². The zero-order valence-electron chi connectivity index (χ0n) is 16.1. The predicted molar refractivity (Wildman–Crippen MR) is 104 cm³/mol. The third-order valence-corrected chi connectivity index (χ3v) is 4.40. The van der Waals surface area contributed by atoms with Gasteiger partial charge in [0.25, 0.3) is 5.91 Å². The first kappa shape index (κ1) is 18.6. The van der Waals surface area contributed by atoms with Crippen LogP contribution in [-0.4, -0.2) is 26.7 Å². The van der Waals surface area contributed by atoms with Crippen LogP contribution in [0.1, 0.15) is 28.6 Å². The van der Waals surface area contributed by atoms with E-state index in [9.17, 15) is 4.79 Å². The number of rotatable bonds is 6. The van der Waals surface area contributed by atoms with Crippen LogP contribution in [0.4, 0.5) is 5.69 Å². The van der Waals surface area contributed by atoms with Gasteiger partial charge >= 0.3 is 0 Å². The standard InChI is InChI=1S/C21H23NO5/c1-6-26-14-7-8-17-15(10-14)13(3)20(27-17)21(23)22-16-11-19(25-5)18(24-4)9-12(16)2/h7-11H,6H2,1-5H3,(H,22,23). The zero-order chi connectivity index (χ0) is 19.6. The average Bonchev–Trinajstić information content (AvgIpc) is 2.99. The molecule has 0 atom stereocenters. The molecule has 6 nitrogen and oxygen atoms in total. The van der Waals surface area contributed by atoms with E-state index < -0.39 is 0 Å². The van der Waals surface area contributed by atoms with E-state index >= 15 is 0 Å². The summed E-state index contributed by atoms with van der Waals surface area (Å²) >= 11 is 0. The highest BCUT2D eigenvalue weighted by Gasteiger charge is 2.20. The number of carbonyl (C=O) groups is 1. The minimum Gasteiger partial charge on any atom is -0.494 e. The van der Waals surface area contributed by atoms with Gasteiger partial charge in [-0.3, -0.25) is 4.79 Å². The molecule has 1 aromatic heterocycles. The Labute approximate surface area is 158 Å². The SMILES string of the molecule is CCOc1ccc2oc(C(=O)Nc3cc(OC)c(OC)cc3C)c(C)c2c1. The Balaban J connectivity index is 1.94. The first-order valence-electron chi connectivity index (χ1n) is 8.68. The van der Waals surface area contributed by atoms with Crippen molar-refractivity contribution in [2.75, 3.05) is 26.1 Å². The topological polar surface area (TPSA) is 69.9 Å². The maximum atomic E-state index is 12.8. The number of fused-ring (bicyclic) bond motifs is 1. The molecule has 3 rings (SSSR count). The van der Waals surface area contributed by atoms with Crippen LogP contribution >= 0.6 is 0 Å². The molecule has 2 aromatic carbocycles. The number of amides is 1. The fraction of sp³-hybridized carbons (Fsp3) is 0.286. The highest BCUT2D eigenvalue weighted by atomic mass is 16.5. The number of hydrogen-bond donors (Lipinski definition) is 1. The summed E-state index contributed by atoms with van der Waals surface area (Å²) in [6.45, 7) is 6.25. The average molecular weight is 369 g/mol. The van der Waals surface area contributed by atoms with Gasteiger partial charge in [0.2, 0.25) is 0 Å². The van der Waals surface area contributed by atoms with Crippen LogP contribution in [-0.2, 0) is 0 Å². The second kappa shape index (κ2) is 7.61. The highest BCUT2D eigenvalue weighted by molar-refractivity contribution is 6.07. The van der Waals surface area contributed by atoms with E-state index in [1.165, 1.54) is 0 Å². The molecule has 0 fully saturated rings. The van der Waals surface area contributed by atoms with Crippen LogP contribution in [0.2, 0.25) is 0 Å². The number of nitrogens with one attached hydrogen (secondary N) is 1. The van der Waals surface area contributed by atoms with Gasteiger partial charge in [-0.05, 0) is 50.6 Å². The van der Waals surface area contributed by atoms with Gasteiger partial charge in [0.05, 0.1) is 20.8 Å². The Bertz CT molecular complexity index is 990. The molecular formula is C21H23NO5. The fourth-order valence-corrected chi connectivity index (χ4v) is 2.97. The van der Waals surface area contributed by atoms with Crippen molar-refractivity contribution in [3.05, 3.63) is 47.2 Å². The Morgan fingerprint density at radius 2 is 1.78 bits per heavy atom. The molecule has 142 valence electrons. The lowest BCUT2D eigenvalue weighted by molar-refractivity contribution is 0.0998. The number of aryl methyl sites for hydroxylation is 2. The summed E-state index contributed by atoms with van der Waals surface area (Å²) in [5.74, 6) is 1.85. The lowest BCUT2D eigenvalue weighted by atomic mass is 10.1. The van der Waals surface area contributed by atoms with Crippen molar-refractivity contribution in [2.45, 2.75) is 20.8 Å². The molecule has 0 aliphatic carbocycles. The van der Waals surface area contributed by atoms with Crippen molar-refractivity contribution >= 4 is 22.6 Å². The van der Waals surface area contributed by atoms with E-state index in [0.717, 1.165) is 22.3 Å². The Morgan fingerprint density at radius 3 is 2.44 bits per heavy atom. The lowest BCUT2D eigenvalue weighted by Gasteiger charge is -2.13. The van der Waals surface area contributed by atoms with E-state index in [4.69, 9.17) is 18.6 Å². The van der Waals surface area contributed by atoms with Gasteiger partial charge in [0.15, 0.2) is 17.3 Å². The second-order valence-corrected chi connectivity index (χ2v) is 6.12. The number of benzene rings is 2. The monoisotopic (exact) mass is 369 g/mol. The van der Waals surface area contributed by atoms with Crippen LogP contribution in [0.3, 0.4) is 0 Å². The summed E-state index contributed by atoms with van der Waals surface area (Å²) in [6.07, 6.45) is 0. The number of ether oxygens (including phenoxy) is 3. The van der Waals surface area contributed by atoms with Crippen LogP contribution in [0, 0.1) is 13.8 Å². The normalized spacial score (nSPS) is 10.7. The van der Waals surface area contributed by atoms with Crippen molar-refractivity contribution in [3.8, 4) is 17.2 Å². The Hall–Kier alpha value is -3.15. The molecule has 0 aliphatic rings. The molecule has 0 spiro atoms. The van der Waals surface area contributed by atoms with Gasteiger partial charge in [0, 0.05) is 22.7 Å². The van der Waals surface area contributed by atoms with E-state index in [1.807, 2.05) is 45.0 Å². The van der Waals surface area contributed by atoms with Crippen LogP contribution < -0.4 is 19.5 Å².